The van der Waals surface area contributed by atoms with Gasteiger partial charge in [-0.05, 0) is 38.1 Å². The molecule has 0 saturated carbocycles. The SMILES string of the molecule is CN(C(=O)CCS(=O)(=O)c1ccc2c(c1)OCCCO2)C1CCNCC1.Cl. The van der Waals surface area contributed by atoms with Crippen molar-refractivity contribution >= 4 is 28.2 Å². The second-order valence-electron chi connectivity index (χ2n) is 6.71. The van der Waals surface area contributed by atoms with E-state index in [4.69, 9.17) is 9.47 Å². The van der Waals surface area contributed by atoms with E-state index in [0.717, 1.165) is 32.4 Å². The summed E-state index contributed by atoms with van der Waals surface area (Å²) in [6.07, 6.45) is 2.54. The van der Waals surface area contributed by atoms with Gasteiger partial charge in [0.2, 0.25) is 5.91 Å². The summed E-state index contributed by atoms with van der Waals surface area (Å²) in [7, 11) is -1.80. The standard InChI is InChI=1S/C18H26N2O5S.ClH/c1-20(14-5-8-19-9-6-14)18(21)7-12-26(22,23)15-3-4-16-17(13-15)25-11-2-10-24-16;/h3-4,13-14,19H,2,5-12H2,1H3;1H. The average molecular weight is 419 g/mol. The van der Waals surface area contributed by atoms with Crippen LogP contribution in [-0.4, -0.2) is 64.4 Å². The molecule has 1 aromatic rings. The maximum Gasteiger partial charge on any atom is 0.223 e. The topological polar surface area (TPSA) is 84.9 Å². The normalized spacial score (nSPS) is 17.5. The van der Waals surface area contributed by atoms with Gasteiger partial charge < -0.3 is 19.7 Å². The summed E-state index contributed by atoms with van der Waals surface area (Å²) < 4.78 is 36.3. The van der Waals surface area contributed by atoms with E-state index in [1.807, 2.05) is 0 Å². The van der Waals surface area contributed by atoms with Gasteiger partial charge in [0.05, 0.1) is 23.9 Å². The molecule has 2 heterocycles. The van der Waals surface area contributed by atoms with Crippen LogP contribution in [0.4, 0.5) is 0 Å². The number of rotatable bonds is 5. The van der Waals surface area contributed by atoms with E-state index < -0.39 is 9.84 Å². The second-order valence-corrected chi connectivity index (χ2v) is 8.82. The molecule has 152 valence electrons. The Morgan fingerprint density at radius 3 is 2.56 bits per heavy atom. The van der Waals surface area contributed by atoms with Crippen molar-refractivity contribution in [2.24, 2.45) is 0 Å². The van der Waals surface area contributed by atoms with Crippen molar-refractivity contribution in [2.45, 2.75) is 36.6 Å². The van der Waals surface area contributed by atoms with Crippen molar-refractivity contribution in [2.75, 3.05) is 39.1 Å². The Bertz CT molecular complexity index is 750. The van der Waals surface area contributed by atoms with Crippen molar-refractivity contribution < 1.29 is 22.7 Å². The summed E-state index contributed by atoms with van der Waals surface area (Å²) in [6.45, 7) is 2.82. The van der Waals surface area contributed by atoms with E-state index in [-0.39, 0.29) is 41.4 Å². The van der Waals surface area contributed by atoms with Gasteiger partial charge in [-0.15, -0.1) is 12.4 Å². The summed E-state index contributed by atoms with van der Waals surface area (Å²) in [5.74, 6) is 0.667. The van der Waals surface area contributed by atoms with Gasteiger partial charge in [-0.3, -0.25) is 4.79 Å². The van der Waals surface area contributed by atoms with Crippen molar-refractivity contribution in [3.05, 3.63) is 18.2 Å². The molecule has 0 unspecified atom stereocenters. The summed E-state index contributed by atoms with van der Waals surface area (Å²) in [5.41, 5.74) is 0. The number of sulfone groups is 1. The summed E-state index contributed by atoms with van der Waals surface area (Å²) in [6, 6.07) is 4.82. The Morgan fingerprint density at radius 2 is 1.85 bits per heavy atom. The van der Waals surface area contributed by atoms with Gasteiger partial charge in [-0.25, -0.2) is 8.42 Å². The fourth-order valence-electron chi connectivity index (χ4n) is 3.25. The van der Waals surface area contributed by atoms with Gasteiger partial charge in [0.15, 0.2) is 21.3 Å². The van der Waals surface area contributed by atoms with Crippen LogP contribution >= 0.6 is 12.4 Å². The van der Waals surface area contributed by atoms with Crippen LogP contribution in [0, 0.1) is 0 Å². The number of carbonyl (C=O) groups excluding carboxylic acids is 1. The molecule has 7 nitrogen and oxygen atoms in total. The smallest absolute Gasteiger partial charge is 0.223 e. The molecule has 0 radical (unpaired) electrons. The highest BCUT2D eigenvalue weighted by Gasteiger charge is 2.25. The molecule has 0 aliphatic carbocycles. The van der Waals surface area contributed by atoms with Crippen LogP contribution in [0.5, 0.6) is 11.5 Å². The largest absolute Gasteiger partial charge is 0.490 e. The van der Waals surface area contributed by atoms with Crippen LogP contribution in [0.1, 0.15) is 25.7 Å². The van der Waals surface area contributed by atoms with E-state index in [0.29, 0.717) is 24.7 Å². The average Bonchev–Trinajstić information content (AvgIpc) is 2.91. The van der Waals surface area contributed by atoms with E-state index >= 15 is 0 Å². The molecule has 0 bridgehead atoms. The molecule has 1 saturated heterocycles. The number of fused-ring (bicyclic) bond motifs is 1. The molecule has 27 heavy (non-hydrogen) atoms. The lowest BCUT2D eigenvalue weighted by atomic mass is 10.1. The maximum absolute atomic E-state index is 12.6. The number of benzene rings is 1. The molecule has 0 aromatic heterocycles. The third-order valence-electron chi connectivity index (χ3n) is 4.91. The first-order valence-electron chi connectivity index (χ1n) is 9.06. The Kier molecular flexibility index (Phi) is 7.76. The molecular formula is C18H27ClN2O5S. The van der Waals surface area contributed by atoms with Gasteiger partial charge >= 0.3 is 0 Å². The van der Waals surface area contributed by atoms with Crippen molar-refractivity contribution in [3.8, 4) is 11.5 Å². The number of halogens is 1. The van der Waals surface area contributed by atoms with Crippen LogP contribution in [0.25, 0.3) is 0 Å². The van der Waals surface area contributed by atoms with Crippen molar-refractivity contribution in [3.63, 3.8) is 0 Å². The minimum absolute atomic E-state index is 0. The molecule has 1 amide bonds. The first-order valence-corrected chi connectivity index (χ1v) is 10.7. The summed E-state index contributed by atoms with van der Waals surface area (Å²) in [4.78, 5) is 14.3. The Hall–Kier alpha value is -1.51. The number of ether oxygens (including phenoxy) is 2. The molecule has 2 aliphatic heterocycles. The number of nitrogens with one attached hydrogen (secondary N) is 1. The first kappa shape index (κ1) is 21.8. The van der Waals surface area contributed by atoms with Gasteiger partial charge in [0, 0.05) is 32.0 Å². The highest BCUT2D eigenvalue weighted by atomic mass is 35.5. The fraction of sp³-hybridized carbons (Fsp3) is 0.611. The third-order valence-corrected chi connectivity index (χ3v) is 6.63. The van der Waals surface area contributed by atoms with Gasteiger partial charge in [0.1, 0.15) is 0 Å². The lowest BCUT2D eigenvalue weighted by molar-refractivity contribution is -0.132. The second kappa shape index (κ2) is 9.61. The molecule has 0 spiro atoms. The fourth-order valence-corrected chi connectivity index (χ4v) is 4.49. The monoisotopic (exact) mass is 418 g/mol. The van der Waals surface area contributed by atoms with Crippen LogP contribution in [0.2, 0.25) is 0 Å². The highest BCUT2D eigenvalue weighted by molar-refractivity contribution is 7.91. The number of hydrogen-bond acceptors (Lipinski definition) is 6. The number of piperidine rings is 1. The van der Waals surface area contributed by atoms with Crippen LogP contribution in [-0.2, 0) is 14.6 Å². The van der Waals surface area contributed by atoms with E-state index in [9.17, 15) is 13.2 Å². The van der Waals surface area contributed by atoms with Gasteiger partial charge in [-0.1, -0.05) is 0 Å². The zero-order chi connectivity index (χ0) is 18.6. The van der Waals surface area contributed by atoms with Crippen molar-refractivity contribution in [1.29, 1.82) is 0 Å². The minimum atomic E-state index is -3.56. The Labute approximate surface area is 166 Å². The molecule has 3 rings (SSSR count). The number of carbonyl (C=O) groups is 1. The van der Waals surface area contributed by atoms with Gasteiger partial charge in [-0.2, -0.15) is 0 Å². The maximum atomic E-state index is 12.6. The third kappa shape index (κ3) is 5.49. The molecule has 2 aliphatic rings. The Morgan fingerprint density at radius 1 is 1.19 bits per heavy atom. The molecule has 1 fully saturated rings. The molecule has 1 aromatic carbocycles. The summed E-state index contributed by atoms with van der Waals surface area (Å²) in [5, 5.41) is 3.26. The lowest BCUT2D eigenvalue weighted by Gasteiger charge is -2.31. The van der Waals surface area contributed by atoms with Crippen LogP contribution < -0.4 is 14.8 Å². The molecule has 1 N–H and O–H groups in total. The predicted octanol–water partition coefficient (Wildman–Crippen LogP) is 1.64. The number of hydrogen-bond donors (Lipinski definition) is 1. The zero-order valence-corrected chi connectivity index (χ0v) is 17.1. The van der Waals surface area contributed by atoms with E-state index in [2.05, 4.69) is 5.32 Å². The summed E-state index contributed by atoms with van der Waals surface area (Å²) >= 11 is 0. The van der Waals surface area contributed by atoms with Gasteiger partial charge in [0.25, 0.3) is 0 Å². The zero-order valence-electron chi connectivity index (χ0n) is 15.5. The number of nitrogens with zero attached hydrogens (tertiary/aromatic N) is 1. The predicted molar refractivity (Wildman–Crippen MR) is 105 cm³/mol. The molecule has 9 heteroatoms. The Balaban J connectivity index is 0.00000261. The quantitative estimate of drug-likeness (QED) is 0.782. The van der Waals surface area contributed by atoms with E-state index in [1.54, 1.807) is 18.0 Å². The van der Waals surface area contributed by atoms with E-state index in [1.165, 1.54) is 12.1 Å². The first-order chi connectivity index (χ1) is 12.5. The minimum Gasteiger partial charge on any atom is -0.490 e. The lowest BCUT2D eigenvalue weighted by Crippen LogP contribution is -2.44. The van der Waals surface area contributed by atoms with Crippen LogP contribution in [0.15, 0.2) is 23.1 Å². The molecular weight excluding hydrogens is 392 g/mol. The highest BCUT2D eigenvalue weighted by Crippen LogP contribution is 2.32. The van der Waals surface area contributed by atoms with Crippen molar-refractivity contribution in [1.82, 2.24) is 10.2 Å². The molecule has 0 atom stereocenters. The number of amides is 1. The van der Waals surface area contributed by atoms with Crippen LogP contribution in [0.3, 0.4) is 0 Å².